The van der Waals surface area contributed by atoms with Crippen LogP contribution in [0.3, 0.4) is 0 Å². The lowest BCUT2D eigenvalue weighted by Gasteiger charge is -2.24. The van der Waals surface area contributed by atoms with Crippen molar-refractivity contribution in [1.29, 1.82) is 0 Å². The van der Waals surface area contributed by atoms with E-state index in [4.69, 9.17) is 4.74 Å². The molecule has 2 nitrogen and oxygen atoms in total. The van der Waals surface area contributed by atoms with Crippen molar-refractivity contribution in [1.82, 2.24) is 0 Å². The molecule has 116 valence electrons. The van der Waals surface area contributed by atoms with Crippen molar-refractivity contribution in [3.05, 3.63) is 29.8 Å². The second-order valence-corrected chi connectivity index (χ2v) is 6.16. The molecule has 2 rings (SSSR count). The van der Waals surface area contributed by atoms with Gasteiger partial charge in [0.15, 0.2) is 0 Å². The summed E-state index contributed by atoms with van der Waals surface area (Å²) < 4.78 is 5.71. The van der Waals surface area contributed by atoms with Crippen LogP contribution in [0.25, 0.3) is 0 Å². The zero-order valence-electron chi connectivity index (χ0n) is 13.3. The molecule has 2 heteroatoms. The fourth-order valence-corrected chi connectivity index (χ4v) is 3.00. The Morgan fingerprint density at radius 3 is 2.62 bits per heavy atom. The van der Waals surface area contributed by atoms with E-state index in [1.165, 1.54) is 44.1 Å². The minimum Gasteiger partial charge on any atom is -0.493 e. The van der Waals surface area contributed by atoms with Crippen LogP contribution in [0.5, 0.6) is 5.75 Å². The third kappa shape index (κ3) is 5.18. The van der Waals surface area contributed by atoms with Gasteiger partial charge in [0.05, 0.1) is 12.5 Å². The summed E-state index contributed by atoms with van der Waals surface area (Å²) >= 11 is 0. The number of benzene rings is 1. The Kier molecular flexibility index (Phi) is 6.78. The molecule has 0 aliphatic carbocycles. The first-order valence-corrected chi connectivity index (χ1v) is 8.54. The average molecular weight is 288 g/mol. The van der Waals surface area contributed by atoms with Gasteiger partial charge in [0.1, 0.15) is 11.5 Å². The minimum absolute atomic E-state index is 0.0694. The Hall–Kier alpha value is -1.31. The fourth-order valence-electron chi connectivity index (χ4n) is 3.00. The molecule has 0 fully saturated rings. The number of carbonyl (C=O) groups is 1. The van der Waals surface area contributed by atoms with Crippen LogP contribution in [0, 0.1) is 5.92 Å². The summed E-state index contributed by atoms with van der Waals surface area (Å²) in [6.45, 7) is 2.80. The van der Waals surface area contributed by atoms with Crippen molar-refractivity contribution in [2.24, 2.45) is 5.92 Å². The van der Waals surface area contributed by atoms with E-state index in [1.54, 1.807) is 0 Å². The molecule has 1 unspecified atom stereocenters. The SMILES string of the molecule is CCCCCCCCCC(=O)C1COc2ccccc2C1. The molecule has 1 aliphatic heterocycles. The predicted octanol–water partition coefficient (Wildman–Crippen LogP) is 4.95. The second-order valence-electron chi connectivity index (χ2n) is 6.16. The summed E-state index contributed by atoms with van der Waals surface area (Å²) in [5, 5.41) is 0. The van der Waals surface area contributed by atoms with E-state index in [0.717, 1.165) is 25.0 Å². The number of fused-ring (bicyclic) bond motifs is 1. The molecule has 0 radical (unpaired) electrons. The number of hydrogen-bond donors (Lipinski definition) is 0. The molecule has 0 bridgehead atoms. The van der Waals surface area contributed by atoms with Crippen LogP contribution in [0.15, 0.2) is 24.3 Å². The highest BCUT2D eigenvalue weighted by Crippen LogP contribution is 2.28. The molecule has 1 aromatic carbocycles. The van der Waals surface area contributed by atoms with Crippen LogP contribution in [0.2, 0.25) is 0 Å². The Bertz CT molecular complexity index is 439. The standard InChI is InChI=1S/C19H28O2/c1-2-3-4-5-6-7-8-12-18(20)17-14-16-11-9-10-13-19(16)21-15-17/h9-11,13,17H,2-8,12,14-15H2,1H3. The Morgan fingerprint density at radius 2 is 1.81 bits per heavy atom. The quantitative estimate of drug-likeness (QED) is 0.601. The van der Waals surface area contributed by atoms with Gasteiger partial charge in [-0.2, -0.15) is 0 Å². The van der Waals surface area contributed by atoms with E-state index in [-0.39, 0.29) is 5.92 Å². The number of carbonyl (C=O) groups excluding carboxylic acids is 1. The molecule has 0 N–H and O–H groups in total. The maximum absolute atomic E-state index is 12.3. The maximum Gasteiger partial charge on any atom is 0.139 e. The molecule has 0 saturated heterocycles. The van der Waals surface area contributed by atoms with Crippen LogP contribution >= 0.6 is 0 Å². The first-order valence-electron chi connectivity index (χ1n) is 8.54. The average Bonchev–Trinajstić information content (AvgIpc) is 2.53. The highest BCUT2D eigenvalue weighted by molar-refractivity contribution is 5.81. The highest BCUT2D eigenvalue weighted by Gasteiger charge is 2.24. The number of rotatable bonds is 9. The van der Waals surface area contributed by atoms with Gasteiger partial charge in [-0.3, -0.25) is 4.79 Å². The monoisotopic (exact) mass is 288 g/mol. The van der Waals surface area contributed by atoms with Crippen LogP contribution in [0.1, 0.15) is 63.9 Å². The lowest BCUT2D eigenvalue weighted by Crippen LogP contribution is -2.28. The van der Waals surface area contributed by atoms with E-state index >= 15 is 0 Å². The molecule has 21 heavy (non-hydrogen) atoms. The van der Waals surface area contributed by atoms with Gasteiger partial charge in [-0.25, -0.2) is 0 Å². The van der Waals surface area contributed by atoms with Gasteiger partial charge < -0.3 is 4.74 Å². The number of ether oxygens (including phenoxy) is 1. The number of para-hydroxylation sites is 1. The van der Waals surface area contributed by atoms with Crippen molar-refractivity contribution in [2.45, 2.75) is 64.7 Å². The molecule has 0 amide bonds. The minimum atomic E-state index is 0.0694. The Labute approximate surface area is 128 Å². The lowest BCUT2D eigenvalue weighted by molar-refractivity contribution is -0.124. The fraction of sp³-hybridized carbons (Fsp3) is 0.632. The van der Waals surface area contributed by atoms with Crippen LogP contribution in [0.4, 0.5) is 0 Å². The summed E-state index contributed by atoms with van der Waals surface area (Å²) in [6.07, 6.45) is 10.4. The summed E-state index contributed by atoms with van der Waals surface area (Å²) in [7, 11) is 0. The topological polar surface area (TPSA) is 26.3 Å². The maximum atomic E-state index is 12.3. The van der Waals surface area contributed by atoms with Gasteiger partial charge in [0.2, 0.25) is 0 Å². The van der Waals surface area contributed by atoms with E-state index < -0.39 is 0 Å². The van der Waals surface area contributed by atoms with Gasteiger partial charge in [0.25, 0.3) is 0 Å². The third-order valence-corrected chi connectivity index (χ3v) is 4.36. The van der Waals surface area contributed by atoms with Crippen LogP contribution < -0.4 is 4.74 Å². The summed E-state index contributed by atoms with van der Waals surface area (Å²) in [4.78, 5) is 12.3. The highest BCUT2D eigenvalue weighted by atomic mass is 16.5. The van der Waals surface area contributed by atoms with Crippen molar-refractivity contribution in [3.63, 3.8) is 0 Å². The van der Waals surface area contributed by atoms with Crippen molar-refractivity contribution < 1.29 is 9.53 Å². The molecule has 1 heterocycles. The molecular weight excluding hydrogens is 260 g/mol. The molecule has 0 aromatic heterocycles. The van der Waals surface area contributed by atoms with Gasteiger partial charge in [-0.15, -0.1) is 0 Å². The summed E-state index contributed by atoms with van der Waals surface area (Å²) in [5.74, 6) is 1.41. The van der Waals surface area contributed by atoms with E-state index in [1.807, 2.05) is 18.2 Å². The Morgan fingerprint density at radius 1 is 1.10 bits per heavy atom. The van der Waals surface area contributed by atoms with Gasteiger partial charge in [-0.1, -0.05) is 63.6 Å². The lowest BCUT2D eigenvalue weighted by atomic mass is 9.90. The smallest absolute Gasteiger partial charge is 0.139 e. The van der Waals surface area contributed by atoms with Gasteiger partial charge >= 0.3 is 0 Å². The molecule has 0 saturated carbocycles. The number of Topliss-reactive ketones (excluding diaryl/α,β-unsaturated/α-hetero) is 1. The number of hydrogen-bond acceptors (Lipinski definition) is 2. The molecule has 1 atom stereocenters. The third-order valence-electron chi connectivity index (χ3n) is 4.36. The van der Waals surface area contributed by atoms with E-state index in [9.17, 15) is 4.79 Å². The van der Waals surface area contributed by atoms with Crippen LogP contribution in [-0.2, 0) is 11.2 Å². The molecule has 0 spiro atoms. The van der Waals surface area contributed by atoms with E-state index in [0.29, 0.717) is 12.4 Å². The largest absolute Gasteiger partial charge is 0.493 e. The second kappa shape index (κ2) is 8.86. The predicted molar refractivity (Wildman–Crippen MR) is 86.7 cm³/mol. The van der Waals surface area contributed by atoms with Crippen molar-refractivity contribution in [2.75, 3.05) is 6.61 Å². The summed E-state index contributed by atoms with van der Waals surface area (Å²) in [6, 6.07) is 8.07. The van der Waals surface area contributed by atoms with Gasteiger partial charge in [0, 0.05) is 6.42 Å². The zero-order chi connectivity index (χ0) is 14.9. The van der Waals surface area contributed by atoms with Gasteiger partial charge in [-0.05, 0) is 24.5 Å². The first kappa shape index (κ1) is 16.1. The first-order chi connectivity index (χ1) is 10.3. The molecular formula is C19H28O2. The molecule has 1 aromatic rings. The number of ketones is 1. The van der Waals surface area contributed by atoms with Crippen molar-refractivity contribution >= 4 is 5.78 Å². The summed E-state index contributed by atoms with van der Waals surface area (Å²) in [5.41, 5.74) is 1.18. The Balaban J connectivity index is 1.64. The zero-order valence-corrected chi connectivity index (χ0v) is 13.3. The normalized spacial score (nSPS) is 17.1. The van der Waals surface area contributed by atoms with Crippen LogP contribution in [-0.4, -0.2) is 12.4 Å². The molecule has 1 aliphatic rings. The van der Waals surface area contributed by atoms with E-state index in [2.05, 4.69) is 13.0 Å². The van der Waals surface area contributed by atoms with Crippen molar-refractivity contribution in [3.8, 4) is 5.75 Å². The number of unbranched alkanes of at least 4 members (excludes halogenated alkanes) is 6.